The molecule has 3 aromatic carbocycles. The van der Waals surface area contributed by atoms with Crippen LogP contribution in [0, 0.1) is 0 Å². The Kier molecular flexibility index (Phi) is 11.4. The molecule has 1 atom stereocenters. The van der Waals surface area contributed by atoms with Gasteiger partial charge in [-0.3, -0.25) is 13.9 Å². The molecule has 1 N–H and O–H groups in total. The zero-order chi connectivity index (χ0) is 31.9. The molecule has 9 nitrogen and oxygen atoms in total. The summed E-state index contributed by atoms with van der Waals surface area (Å²) in [5.41, 5.74) is 0.638. The summed E-state index contributed by atoms with van der Waals surface area (Å²) in [4.78, 5) is 29.3. The average Bonchev–Trinajstić information content (AvgIpc) is 3.54. The highest BCUT2D eigenvalue weighted by molar-refractivity contribution is 7.92. The number of hydrogen-bond donors (Lipinski definition) is 1. The number of amides is 2. The molecule has 0 saturated heterocycles. The van der Waals surface area contributed by atoms with Gasteiger partial charge in [0, 0.05) is 34.3 Å². The van der Waals surface area contributed by atoms with Gasteiger partial charge in [-0.1, -0.05) is 67.2 Å². The zero-order valence-electron chi connectivity index (χ0n) is 25.0. The normalized spacial score (nSPS) is 14.1. The fourth-order valence-electron chi connectivity index (χ4n) is 5.37. The van der Waals surface area contributed by atoms with E-state index in [1.165, 1.54) is 43.4 Å². The molecule has 1 saturated carbocycles. The number of benzene rings is 3. The number of carbonyl (C=O) groups excluding carboxylic acids is 2. The van der Waals surface area contributed by atoms with Crippen LogP contribution < -0.4 is 19.1 Å². The first kappa shape index (κ1) is 33.4. The van der Waals surface area contributed by atoms with E-state index in [4.69, 9.17) is 32.7 Å². The summed E-state index contributed by atoms with van der Waals surface area (Å²) in [6.07, 6.45) is 4.08. The van der Waals surface area contributed by atoms with Crippen molar-refractivity contribution in [3.63, 3.8) is 0 Å². The van der Waals surface area contributed by atoms with Crippen molar-refractivity contribution < 1.29 is 27.5 Å². The van der Waals surface area contributed by atoms with Crippen LogP contribution in [0.3, 0.4) is 0 Å². The van der Waals surface area contributed by atoms with Gasteiger partial charge in [0.15, 0.2) is 11.5 Å². The summed E-state index contributed by atoms with van der Waals surface area (Å²) in [6.45, 7) is 1.10. The van der Waals surface area contributed by atoms with Crippen molar-refractivity contribution in [1.29, 1.82) is 0 Å². The summed E-state index contributed by atoms with van der Waals surface area (Å²) >= 11 is 13.0. The van der Waals surface area contributed by atoms with Crippen LogP contribution in [0.25, 0.3) is 0 Å². The first-order valence-corrected chi connectivity index (χ1v) is 16.6. The van der Waals surface area contributed by atoms with Crippen molar-refractivity contribution in [1.82, 2.24) is 10.2 Å². The highest BCUT2D eigenvalue weighted by atomic mass is 35.5. The van der Waals surface area contributed by atoms with Crippen molar-refractivity contribution in [3.05, 3.63) is 82.3 Å². The van der Waals surface area contributed by atoms with Gasteiger partial charge in [0.05, 0.1) is 24.8 Å². The highest BCUT2D eigenvalue weighted by Gasteiger charge is 2.35. The van der Waals surface area contributed by atoms with Gasteiger partial charge < -0.3 is 19.7 Å². The van der Waals surface area contributed by atoms with Crippen LogP contribution >= 0.6 is 23.2 Å². The topological polar surface area (TPSA) is 105 Å². The minimum absolute atomic E-state index is 0.00528. The van der Waals surface area contributed by atoms with Crippen molar-refractivity contribution in [3.8, 4) is 11.5 Å². The first-order chi connectivity index (χ1) is 21.1. The first-order valence-electron chi connectivity index (χ1n) is 14.4. The van der Waals surface area contributed by atoms with E-state index in [1.54, 1.807) is 49.4 Å². The molecule has 0 aromatic heterocycles. The molecule has 0 bridgehead atoms. The van der Waals surface area contributed by atoms with Crippen molar-refractivity contribution >= 4 is 50.7 Å². The number of nitrogens with one attached hydrogen (secondary N) is 1. The molecule has 1 aliphatic rings. The minimum Gasteiger partial charge on any atom is -0.493 e. The molecular weight excluding hydrogens is 625 g/mol. The summed E-state index contributed by atoms with van der Waals surface area (Å²) in [5.74, 6) is -0.236. The van der Waals surface area contributed by atoms with E-state index in [-0.39, 0.29) is 41.2 Å². The minimum atomic E-state index is -4.25. The van der Waals surface area contributed by atoms with E-state index in [0.717, 1.165) is 30.0 Å². The summed E-state index contributed by atoms with van der Waals surface area (Å²) in [7, 11) is -1.34. The smallest absolute Gasteiger partial charge is 0.264 e. The highest BCUT2D eigenvalue weighted by Crippen LogP contribution is 2.34. The molecule has 12 heteroatoms. The van der Waals surface area contributed by atoms with Crippen LogP contribution in [0.15, 0.2) is 71.6 Å². The predicted molar refractivity (Wildman–Crippen MR) is 172 cm³/mol. The van der Waals surface area contributed by atoms with E-state index in [1.807, 2.05) is 0 Å². The number of carbonyl (C=O) groups is 2. The number of sulfonamides is 1. The van der Waals surface area contributed by atoms with Crippen LogP contribution in [0.4, 0.5) is 5.69 Å². The zero-order valence-corrected chi connectivity index (χ0v) is 27.3. The maximum absolute atomic E-state index is 14.3. The molecule has 0 spiro atoms. The lowest BCUT2D eigenvalue weighted by molar-refractivity contribution is -0.140. The van der Waals surface area contributed by atoms with Crippen molar-refractivity contribution in [2.45, 2.75) is 62.6 Å². The number of methoxy groups -OCH3 is 2. The van der Waals surface area contributed by atoms with E-state index >= 15 is 0 Å². The quantitative estimate of drug-likeness (QED) is 0.238. The third-order valence-corrected chi connectivity index (χ3v) is 10.2. The average molecular weight is 663 g/mol. The lowest BCUT2D eigenvalue weighted by Gasteiger charge is -2.34. The lowest BCUT2D eigenvalue weighted by atomic mass is 10.1. The number of anilines is 1. The van der Waals surface area contributed by atoms with Gasteiger partial charge in [0.2, 0.25) is 11.8 Å². The number of halogens is 2. The fraction of sp³-hybridized carbons (Fsp3) is 0.375. The molecule has 1 fully saturated rings. The Bertz CT molecular complexity index is 1550. The predicted octanol–water partition coefficient (Wildman–Crippen LogP) is 6.07. The monoisotopic (exact) mass is 661 g/mol. The second kappa shape index (κ2) is 15.0. The number of rotatable bonds is 13. The Hall–Kier alpha value is -3.47. The number of nitrogens with zero attached hydrogens (tertiary/aromatic N) is 2. The van der Waals surface area contributed by atoms with Gasteiger partial charge in [-0.25, -0.2) is 8.42 Å². The molecule has 0 unspecified atom stereocenters. The second-order valence-electron chi connectivity index (χ2n) is 10.5. The fourth-order valence-corrected chi connectivity index (χ4v) is 7.31. The van der Waals surface area contributed by atoms with Crippen LogP contribution in [-0.2, 0) is 26.2 Å². The van der Waals surface area contributed by atoms with Crippen LogP contribution in [0.1, 0.15) is 44.6 Å². The van der Waals surface area contributed by atoms with Crippen molar-refractivity contribution in [2.24, 2.45) is 0 Å². The summed E-state index contributed by atoms with van der Waals surface area (Å²) < 4.78 is 39.9. The Morgan fingerprint density at radius 3 is 2.16 bits per heavy atom. The van der Waals surface area contributed by atoms with E-state index < -0.39 is 28.5 Å². The van der Waals surface area contributed by atoms with Crippen LogP contribution in [-0.4, -0.2) is 58.0 Å². The van der Waals surface area contributed by atoms with Crippen molar-refractivity contribution in [2.75, 3.05) is 25.1 Å². The Morgan fingerprint density at radius 2 is 1.57 bits per heavy atom. The molecule has 0 radical (unpaired) electrons. The SMILES string of the molecule is CC[C@H](C(=O)NC1CCCC1)N(Cc1c(Cl)cccc1Cl)C(=O)CN(c1ccc(OC)c(OC)c1)S(=O)(=O)c1ccccc1. The van der Waals surface area contributed by atoms with Crippen LogP contribution in [0.2, 0.25) is 10.0 Å². The van der Waals surface area contributed by atoms with Gasteiger partial charge in [0.25, 0.3) is 10.0 Å². The van der Waals surface area contributed by atoms with Gasteiger partial charge >= 0.3 is 0 Å². The van der Waals surface area contributed by atoms with Gasteiger partial charge in [-0.05, 0) is 55.7 Å². The van der Waals surface area contributed by atoms with E-state index in [2.05, 4.69) is 5.32 Å². The van der Waals surface area contributed by atoms with Gasteiger partial charge in [-0.2, -0.15) is 0 Å². The molecule has 236 valence electrons. The maximum Gasteiger partial charge on any atom is 0.264 e. The second-order valence-corrected chi connectivity index (χ2v) is 13.2. The Balaban J connectivity index is 1.78. The maximum atomic E-state index is 14.3. The molecule has 0 aliphatic heterocycles. The third kappa shape index (κ3) is 7.60. The van der Waals surface area contributed by atoms with Crippen LogP contribution in [0.5, 0.6) is 11.5 Å². The molecule has 1 aliphatic carbocycles. The summed E-state index contributed by atoms with van der Waals surface area (Å²) in [5, 5.41) is 3.75. The van der Waals surface area contributed by atoms with Gasteiger partial charge in [-0.15, -0.1) is 0 Å². The van der Waals surface area contributed by atoms with E-state index in [9.17, 15) is 18.0 Å². The molecule has 44 heavy (non-hydrogen) atoms. The number of hydrogen-bond acceptors (Lipinski definition) is 6. The van der Waals surface area contributed by atoms with E-state index in [0.29, 0.717) is 21.4 Å². The molecule has 3 aromatic rings. The molecule has 2 amide bonds. The van der Waals surface area contributed by atoms with Gasteiger partial charge in [0.1, 0.15) is 12.6 Å². The Labute approximate surface area is 269 Å². The molecule has 4 rings (SSSR count). The standard InChI is InChI=1S/C32H37Cl2N3O6S/c1-4-28(32(39)35-22-11-8-9-12-22)36(20-25-26(33)15-10-16-27(25)34)31(38)21-37(44(40,41)24-13-6-5-7-14-24)23-17-18-29(42-2)30(19-23)43-3/h5-7,10,13-19,22,28H,4,8-9,11-12,20-21H2,1-3H3,(H,35,39)/t28-/m1/s1. The third-order valence-electron chi connectivity index (χ3n) is 7.74. The molecular formula is C32H37Cl2N3O6S. The largest absolute Gasteiger partial charge is 0.493 e. The Morgan fingerprint density at radius 1 is 0.932 bits per heavy atom. The number of ether oxygens (including phenoxy) is 2. The summed E-state index contributed by atoms with van der Waals surface area (Å²) in [6, 6.07) is 16.5. The lowest BCUT2D eigenvalue weighted by Crippen LogP contribution is -2.53. The molecule has 0 heterocycles.